The van der Waals surface area contributed by atoms with Crippen LogP contribution in [0.25, 0.3) is 5.82 Å². The summed E-state index contributed by atoms with van der Waals surface area (Å²) >= 11 is 0. The molecule has 0 saturated carbocycles. The number of pyridine rings is 1. The van der Waals surface area contributed by atoms with Crippen LogP contribution in [0.5, 0.6) is 0 Å². The zero-order valence-electron chi connectivity index (χ0n) is 10.2. The van der Waals surface area contributed by atoms with Gasteiger partial charge in [-0.3, -0.25) is 0 Å². The summed E-state index contributed by atoms with van der Waals surface area (Å²) in [7, 11) is 0. The molecule has 98 valence electrons. The summed E-state index contributed by atoms with van der Waals surface area (Å²) in [5.41, 5.74) is 0.449. The summed E-state index contributed by atoms with van der Waals surface area (Å²) in [6, 6.07) is 4.47. The Bertz CT molecular complexity index is 665. The molecule has 2 heterocycles. The van der Waals surface area contributed by atoms with Crippen LogP contribution in [0.2, 0.25) is 0 Å². The molecule has 7 heteroatoms. The largest absolute Gasteiger partial charge is 0.435 e. The highest BCUT2D eigenvalue weighted by atomic mass is 19.4. The molecule has 0 aliphatic heterocycles. The Morgan fingerprint density at radius 1 is 1.32 bits per heavy atom. The molecule has 0 atom stereocenters. The fourth-order valence-electron chi connectivity index (χ4n) is 1.71. The normalized spacial score (nSPS) is 11.4. The second kappa shape index (κ2) is 4.39. The van der Waals surface area contributed by atoms with Crippen molar-refractivity contribution in [2.45, 2.75) is 20.0 Å². The molecule has 4 nitrogen and oxygen atoms in total. The van der Waals surface area contributed by atoms with Gasteiger partial charge in [0, 0.05) is 11.9 Å². The van der Waals surface area contributed by atoms with Gasteiger partial charge in [0.2, 0.25) is 0 Å². The molecule has 0 fully saturated rings. The summed E-state index contributed by atoms with van der Waals surface area (Å²) in [5.74, 6) is 0.107. The second-order valence-electron chi connectivity index (χ2n) is 4.03. The number of nitrogens with zero attached hydrogens (tertiary/aromatic N) is 4. The Morgan fingerprint density at radius 3 is 2.53 bits per heavy atom. The number of aromatic nitrogens is 3. The van der Waals surface area contributed by atoms with Gasteiger partial charge in [0.15, 0.2) is 11.5 Å². The van der Waals surface area contributed by atoms with Gasteiger partial charge in [0.1, 0.15) is 6.07 Å². The number of hydrogen-bond acceptors (Lipinski definition) is 3. The summed E-state index contributed by atoms with van der Waals surface area (Å²) in [6.45, 7) is 3.40. The van der Waals surface area contributed by atoms with E-state index in [1.54, 1.807) is 19.9 Å². The van der Waals surface area contributed by atoms with Gasteiger partial charge >= 0.3 is 6.18 Å². The van der Waals surface area contributed by atoms with Crippen LogP contribution >= 0.6 is 0 Å². The fraction of sp³-hybridized carbons (Fsp3) is 0.250. The van der Waals surface area contributed by atoms with Crippen LogP contribution in [0.3, 0.4) is 0 Å². The summed E-state index contributed by atoms with van der Waals surface area (Å²) < 4.78 is 38.5. The highest BCUT2D eigenvalue weighted by Gasteiger charge is 2.34. The lowest BCUT2D eigenvalue weighted by Gasteiger charge is -2.07. The summed E-state index contributed by atoms with van der Waals surface area (Å²) in [5, 5.41) is 12.5. The number of halogens is 3. The van der Waals surface area contributed by atoms with Crippen molar-refractivity contribution in [1.82, 2.24) is 14.8 Å². The maximum Gasteiger partial charge on any atom is 0.435 e. The van der Waals surface area contributed by atoms with E-state index in [0.29, 0.717) is 11.3 Å². The number of rotatable bonds is 1. The first-order valence-corrected chi connectivity index (χ1v) is 5.34. The molecule has 0 bridgehead atoms. The van der Waals surface area contributed by atoms with E-state index in [-0.39, 0.29) is 11.4 Å². The van der Waals surface area contributed by atoms with Gasteiger partial charge in [-0.15, -0.1) is 0 Å². The first kappa shape index (κ1) is 13.1. The third-order valence-corrected chi connectivity index (χ3v) is 2.53. The molecule has 2 aromatic heterocycles. The van der Waals surface area contributed by atoms with Crippen molar-refractivity contribution in [3.05, 3.63) is 40.8 Å². The van der Waals surface area contributed by atoms with Crippen LogP contribution in [0, 0.1) is 25.2 Å². The molecule has 0 radical (unpaired) electrons. The minimum Gasteiger partial charge on any atom is -0.233 e. The third kappa shape index (κ3) is 2.42. The molecule has 0 unspecified atom stereocenters. The van der Waals surface area contributed by atoms with E-state index in [1.165, 1.54) is 0 Å². The highest BCUT2D eigenvalue weighted by molar-refractivity contribution is 5.49. The number of aryl methyl sites for hydroxylation is 2. The predicted octanol–water partition coefficient (Wildman–Crippen LogP) is 2.77. The van der Waals surface area contributed by atoms with Crippen molar-refractivity contribution in [1.29, 1.82) is 5.26 Å². The minimum absolute atomic E-state index is 0.107. The molecule has 0 aromatic carbocycles. The lowest BCUT2D eigenvalue weighted by atomic mass is 10.1. The van der Waals surface area contributed by atoms with Gasteiger partial charge in [-0.25, -0.2) is 9.67 Å². The standard InChI is InChI=1S/C12H9F3N4/c1-7-5-8(2)17-11(9(7)6-16)19-4-3-10(18-19)12(13,14)15/h3-5H,1-2H3. The monoisotopic (exact) mass is 266 g/mol. The number of hydrogen-bond donors (Lipinski definition) is 0. The van der Waals surface area contributed by atoms with E-state index >= 15 is 0 Å². The molecule has 0 spiro atoms. The highest BCUT2D eigenvalue weighted by Crippen LogP contribution is 2.28. The van der Waals surface area contributed by atoms with Gasteiger partial charge in [-0.1, -0.05) is 0 Å². The first-order valence-electron chi connectivity index (χ1n) is 5.34. The van der Waals surface area contributed by atoms with E-state index < -0.39 is 11.9 Å². The minimum atomic E-state index is -4.52. The average molecular weight is 266 g/mol. The quantitative estimate of drug-likeness (QED) is 0.797. The summed E-state index contributed by atoms with van der Waals surface area (Å²) in [6.07, 6.45) is -3.37. The predicted molar refractivity (Wildman–Crippen MR) is 60.6 cm³/mol. The maximum absolute atomic E-state index is 12.5. The van der Waals surface area contributed by atoms with Gasteiger partial charge < -0.3 is 0 Å². The Balaban J connectivity index is 2.60. The van der Waals surface area contributed by atoms with Crippen molar-refractivity contribution < 1.29 is 13.2 Å². The fourth-order valence-corrected chi connectivity index (χ4v) is 1.71. The van der Waals surface area contributed by atoms with Crippen molar-refractivity contribution in [3.63, 3.8) is 0 Å². The van der Waals surface area contributed by atoms with E-state index in [0.717, 1.165) is 16.9 Å². The Hall–Kier alpha value is -2.36. The lowest BCUT2D eigenvalue weighted by Crippen LogP contribution is -2.09. The van der Waals surface area contributed by atoms with E-state index in [4.69, 9.17) is 5.26 Å². The molecular weight excluding hydrogens is 257 g/mol. The molecule has 19 heavy (non-hydrogen) atoms. The third-order valence-electron chi connectivity index (χ3n) is 2.53. The van der Waals surface area contributed by atoms with Crippen LogP contribution in [0.15, 0.2) is 18.3 Å². The van der Waals surface area contributed by atoms with Crippen LogP contribution in [0.1, 0.15) is 22.5 Å². The molecule has 0 saturated heterocycles. The smallest absolute Gasteiger partial charge is 0.233 e. The number of nitriles is 1. The Labute approximate surface area is 107 Å². The Kier molecular flexibility index (Phi) is 3.02. The van der Waals surface area contributed by atoms with Crippen molar-refractivity contribution in [2.24, 2.45) is 0 Å². The van der Waals surface area contributed by atoms with Crippen molar-refractivity contribution in [2.75, 3.05) is 0 Å². The van der Waals surface area contributed by atoms with Crippen molar-refractivity contribution in [3.8, 4) is 11.9 Å². The topological polar surface area (TPSA) is 54.5 Å². The van der Waals surface area contributed by atoms with Gasteiger partial charge in [-0.2, -0.15) is 23.5 Å². The average Bonchev–Trinajstić information content (AvgIpc) is 2.76. The molecule has 2 rings (SSSR count). The molecule has 0 aliphatic carbocycles. The van der Waals surface area contributed by atoms with Crippen LogP contribution in [0.4, 0.5) is 13.2 Å². The molecule has 0 N–H and O–H groups in total. The van der Waals surface area contributed by atoms with E-state index in [2.05, 4.69) is 10.1 Å². The van der Waals surface area contributed by atoms with Gasteiger partial charge in [0.25, 0.3) is 0 Å². The summed E-state index contributed by atoms with van der Waals surface area (Å²) in [4.78, 5) is 4.08. The molecule has 0 amide bonds. The van der Waals surface area contributed by atoms with Crippen molar-refractivity contribution >= 4 is 0 Å². The zero-order chi connectivity index (χ0) is 14.2. The van der Waals surface area contributed by atoms with E-state index in [1.807, 2.05) is 6.07 Å². The van der Waals surface area contributed by atoms with E-state index in [9.17, 15) is 13.2 Å². The molecular formula is C12H9F3N4. The lowest BCUT2D eigenvalue weighted by molar-refractivity contribution is -0.141. The van der Waals surface area contributed by atoms with Crippen LogP contribution in [-0.2, 0) is 6.18 Å². The zero-order valence-corrected chi connectivity index (χ0v) is 10.2. The maximum atomic E-state index is 12.5. The molecule has 2 aromatic rings. The van der Waals surface area contributed by atoms with Crippen LogP contribution in [-0.4, -0.2) is 14.8 Å². The van der Waals surface area contributed by atoms with Crippen LogP contribution < -0.4 is 0 Å². The second-order valence-corrected chi connectivity index (χ2v) is 4.03. The first-order chi connectivity index (χ1) is 8.82. The number of alkyl halides is 3. The Morgan fingerprint density at radius 2 is 2.00 bits per heavy atom. The molecule has 0 aliphatic rings. The van der Waals surface area contributed by atoms with Gasteiger partial charge in [0.05, 0.1) is 5.56 Å². The van der Waals surface area contributed by atoms with Gasteiger partial charge in [-0.05, 0) is 31.5 Å². The SMILES string of the molecule is Cc1cc(C)c(C#N)c(-n2ccc(C(F)(F)F)n2)n1.